The normalized spacial score (nSPS) is 19.2. The van der Waals surface area contributed by atoms with Crippen LogP contribution in [0.15, 0.2) is 30.7 Å². The molecule has 2 atom stereocenters. The molecule has 5 aromatic rings. The van der Waals surface area contributed by atoms with E-state index in [1.165, 1.54) is 4.90 Å². The van der Waals surface area contributed by atoms with Gasteiger partial charge in [-0.05, 0) is 70.5 Å². The summed E-state index contributed by atoms with van der Waals surface area (Å²) in [5.74, 6) is -1.93. The van der Waals surface area contributed by atoms with E-state index in [2.05, 4.69) is 63.9 Å². The van der Waals surface area contributed by atoms with Gasteiger partial charge in [-0.15, -0.1) is 5.10 Å². The Labute approximate surface area is 287 Å². The third kappa shape index (κ3) is 5.11. The number of fused-ring (bicyclic) bond motifs is 4. The number of aryl methyl sites for hydroxylation is 1. The predicted octanol–water partition coefficient (Wildman–Crippen LogP) is 6.39. The summed E-state index contributed by atoms with van der Waals surface area (Å²) in [5.41, 5.74) is 4.60. The van der Waals surface area contributed by atoms with Gasteiger partial charge < -0.3 is 9.80 Å². The third-order valence-electron chi connectivity index (χ3n) is 10.7. The van der Waals surface area contributed by atoms with Crippen LogP contribution in [0.1, 0.15) is 50.3 Å². The van der Waals surface area contributed by atoms with E-state index < -0.39 is 23.6 Å². The highest BCUT2D eigenvalue weighted by Gasteiger charge is 2.44. The maximum absolute atomic E-state index is 17.3. The smallest absolute Gasteiger partial charge is 0.282 e. The van der Waals surface area contributed by atoms with E-state index in [0.29, 0.717) is 53.7 Å². The van der Waals surface area contributed by atoms with Gasteiger partial charge in [0.25, 0.3) is 5.91 Å². The Morgan fingerprint density at radius 2 is 2.00 bits per heavy atom. The first-order valence-electron chi connectivity index (χ1n) is 16.4. The van der Waals surface area contributed by atoms with Gasteiger partial charge in [-0.25, -0.2) is 18.4 Å². The minimum atomic E-state index is -1.07. The lowest BCUT2D eigenvalue weighted by Gasteiger charge is -2.53. The summed E-state index contributed by atoms with van der Waals surface area (Å²) in [6.45, 7) is 13.7. The number of carbonyl (C=O) groups excluding carboxylic acids is 1. The SMILES string of the molecule is C=C(F)C(=O)N1CC[C@H](n2nnc3c(N4CC(C)(N(C)CC)C4)nc4c(F)c(-c5c(C)c(C)cc6[nH]ncc56)c(Cl)cc4c32)C[C@H]1CC#N. The van der Waals surface area contributed by atoms with Crippen molar-refractivity contribution in [3.05, 3.63) is 52.7 Å². The molecule has 0 spiro atoms. The first-order valence-corrected chi connectivity index (χ1v) is 16.7. The summed E-state index contributed by atoms with van der Waals surface area (Å²) in [6.07, 6.45) is 2.42. The number of likely N-dealkylation sites (N-methyl/N-ethyl adjacent to an activating group) is 1. The summed E-state index contributed by atoms with van der Waals surface area (Å²) < 4.78 is 32.9. The molecule has 0 aliphatic carbocycles. The lowest BCUT2D eigenvalue weighted by Crippen LogP contribution is -2.68. The van der Waals surface area contributed by atoms with Gasteiger partial charge in [0.05, 0.1) is 40.8 Å². The number of H-pyrrole nitrogens is 1. The van der Waals surface area contributed by atoms with Crippen LogP contribution >= 0.6 is 11.6 Å². The minimum absolute atomic E-state index is 0.00908. The summed E-state index contributed by atoms with van der Waals surface area (Å²) in [6, 6.07) is 4.95. The molecule has 2 aromatic carbocycles. The van der Waals surface area contributed by atoms with Crippen molar-refractivity contribution in [1.82, 2.24) is 40.0 Å². The Bertz CT molecular complexity index is 2220. The predicted molar refractivity (Wildman–Crippen MR) is 186 cm³/mol. The number of halogens is 3. The van der Waals surface area contributed by atoms with Crippen LogP contribution < -0.4 is 4.90 Å². The molecule has 2 aliphatic heterocycles. The molecule has 2 fully saturated rings. The standard InChI is InChI=1S/C35H37ClF2N10O/c1-7-45(6)35(5)16-46(17-35)33-31-32(48(44-43-31)22-9-11-47(34(49)20(4)37)21(13-22)8-10-39)23-14-25(36)28(29(38)30(23)41-33)27-19(3)18(2)12-26-24(27)15-40-42-26/h12,14-15,21-22H,4,7-9,11,13,16-17H2,1-3,5-6H3,(H,40,42)/t21-,22+/m1/s1. The Kier molecular flexibility index (Phi) is 8.07. The molecule has 0 bridgehead atoms. The second kappa shape index (κ2) is 12.0. The molecular weight excluding hydrogens is 650 g/mol. The van der Waals surface area contributed by atoms with Crippen molar-refractivity contribution < 1.29 is 13.6 Å². The van der Waals surface area contributed by atoms with Crippen LogP contribution in [0.2, 0.25) is 5.02 Å². The number of hydrogen-bond acceptors (Lipinski definition) is 8. The number of nitrogens with one attached hydrogen (secondary N) is 1. The largest absolute Gasteiger partial charge is 0.351 e. The van der Waals surface area contributed by atoms with Gasteiger partial charge in [0.1, 0.15) is 11.0 Å². The molecule has 0 saturated carbocycles. The van der Waals surface area contributed by atoms with E-state index in [1.54, 1.807) is 16.9 Å². The Morgan fingerprint density at radius 3 is 2.69 bits per heavy atom. The number of likely N-dealkylation sites (tertiary alicyclic amines) is 1. The van der Waals surface area contributed by atoms with Gasteiger partial charge in [0.15, 0.2) is 23.0 Å². The van der Waals surface area contributed by atoms with Crippen LogP contribution in [-0.2, 0) is 4.79 Å². The van der Waals surface area contributed by atoms with E-state index in [9.17, 15) is 14.4 Å². The van der Waals surface area contributed by atoms with Crippen LogP contribution in [0.5, 0.6) is 0 Å². The van der Waals surface area contributed by atoms with E-state index >= 15 is 4.39 Å². The lowest BCUT2D eigenvalue weighted by molar-refractivity contribution is -0.132. The first-order chi connectivity index (χ1) is 23.4. The van der Waals surface area contributed by atoms with Crippen LogP contribution in [0, 0.1) is 31.0 Å². The monoisotopic (exact) mass is 686 g/mol. The quantitative estimate of drug-likeness (QED) is 0.196. The van der Waals surface area contributed by atoms with Crippen LogP contribution in [0.4, 0.5) is 14.6 Å². The van der Waals surface area contributed by atoms with Gasteiger partial charge in [0, 0.05) is 47.6 Å². The number of pyridine rings is 1. The molecule has 11 nitrogen and oxygen atoms in total. The van der Waals surface area contributed by atoms with Crippen LogP contribution in [0.3, 0.4) is 0 Å². The number of hydrogen-bond donors (Lipinski definition) is 1. The zero-order valence-electron chi connectivity index (χ0n) is 28.1. The minimum Gasteiger partial charge on any atom is -0.351 e. The number of benzene rings is 2. The molecule has 254 valence electrons. The zero-order chi connectivity index (χ0) is 34.9. The number of anilines is 1. The molecule has 0 radical (unpaired) electrons. The number of aromatic nitrogens is 6. The Balaban J connectivity index is 1.44. The van der Waals surface area contributed by atoms with Gasteiger partial charge in [-0.1, -0.05) is 30.3 Å². The number of aromatic amines is 1. The van der Waals surface area contributed by atoms with E-state index in [0.717, 1.165) is 28.6 Å². The summed E-state index contributed by atoms with van der Waals surface area (Å²) in [7, 11) is 2.08. The fourth-order valence-electron chi connectivity index (χ4n) is 7.63. The molecule has 0 unspecified atom stereocenters. The molecule has 1 N–H and O–H groups in total. The van der Waals surface area contributed by atoms with Crippen LogP contribution in [0.25, 0.3) is 44.0 Å². The number of rotatable bonds is 7. The number of nitriles is 1. The number of amides is 1. The molecule has 3 aromatic heterocycles. The summed E-state index contributed by atoms with van der Waals surface area (Å²) >= 11 is 7.03. The van der Waals surface area contributed by atoms with Crippen molar-refractivity contribution >= 4 is 56.2 Å². The van der Waals surface area contributed by atoms with Crippen molar-refractivity contribution in [1.29, 1.82) is 5.26 Å². The van der Waals surface area contributed by atoms with Crippen molar-refractivity contribution in [2.24, 2.45) is 0 Å². The molecule has 2 saturated heterocycles. The van der Waals surface area contributed by atoms with E-state index in [1.807, 2.05) is 19.9 Å². The fraction of sp³-hybridized carbons (Fsp3) is 0.429. The number of piperidine rings is 1. The van der Waals surface area contributed by atoms with Crippen molar-refractivity contribution in [2.45, 2.75) is 64.6 Å². The highest BCUT2D eigenvalue weighted by atomic mass is 35.5. The second-order valence-electron chi connectivity index (χ2n) is 13.6. The van der Waals surface area contributed by atoms with E-state index in [-0.39, 0.29) is 40.6 Å². The van der Waals surface area contributed by atoms with E-state index in [4.69, 9.17) is 16.6 Å². The Morgan fingerprint density at radius 1 is 1.24 bits per heavy atom. The maximum Gasteiger partial charge on any atom is 0.282 e. The molecule has 14 heteroatoms. The molecule has 5 heterocycles. The highest BCUT2D eigenvalue weighted by molar-refractivity contribution is 6.35. The average molecular weight is 687 g/mol. The Hall–Kier alpha value is -4.67. The summed E-state index contributed by atoms with van der Waals surface area (Å²) in [5, 5.41) is 27.4. The summed E-state index contributed by atoms with van der Waals surface area (Å²) in [4.78, 5) is 23.3. The third-order valence-corrected chi connectivity index (χ3v) is 11.0. The van der Waals surface area contributed by atoms with Gasteiger partial charge in [0.2, 0.25) is 0 Å². The second-order valence-corrected chi connectivity index (χ2v) is 14.0. The molecule has 7 rings (SSSR count). The van der Waals surface area contributed by atoms with Gasteiger partial charge >= 0.3 is 0 Å². The fourth-order valence-corrected chi connectivity index (χ4v) is 7.92. The van der Waals surface area contributed by atoms with Gasteiger partial charge in [-0.3, -0.25) is 14.8 Å². The molecule has 49 heavy (non-hydrogen) atoms. The average Bonchev–Trinajstić information content (AvgIpc) is 3.72. The first kappa shape index (κ1) is 32.9. The van der Waals surface area contributed by atoms with Gasteiger partial charge in [-0.2, -0.15) is 10.4 Å². The van der Waals surface area contributed by atoms with Crippen LogP contribution in [-0.4, -0.2) is 90.7 Å². The molecule has 2 aliphatic rings. The topological polar surface area (TPSA) is 123 Å². The number of carbonyl (C=O) groups is 1. The molecular formula is C35H37ClF2N10O. The molecule has 1 amide bonds. The maximum atomic E-state index is 17.3. The van der Waals surface area contributed by atoms with Crippen molar-refractivity contribution in [3.63, 3.8) is 0 Å². The number of nitrogens with zero attached hydrogens (tertiary/aromatic N) is 9. The highest BCUT2D eigenvalue weighted by Crippen LogP contribution is 2.45. The lowest BCUT2D eigenvalue weighted by atomic mass is 9.90. The zero-order valence-corrected chi connectivity index (χ0v) is 28.9. The van der Waals surface area contributed by atoms with Crippen molar-refractivity contribution in [2.75, 3.05) is 38.1 Å². The van der Waals surface area contributed by atoms with Crippen molar-refractivity contribution in [3.8, 4) is 17.2 Å².